The largest absolute Gasteiger partial charge is 0.399 e. The minimum Gasteiger partial charge on any atom is -0.399 e. The summed E-state index contributed by atoms with van der Waals surface area (Å²) in [7, 11) is -3.75. The van der Waals surface area contributed by atoms with Crippen molar-refractivity contribution in [3.63, 3.8) is 0 Å². The predicted molar refractivity (Wildman–Crippen MR) is 93.3 cm³/mol. The van der Waals surface area contributed by atoms with E-state index in [0.717, 1.165) is 17.0 Å². The second-order valence-electron chi connectivity index (χ2n) is 4.29. The quantitative estimate of drug-likeness (QED) is 0.685. The van der Waals surface area contributed by atoms with Crippen LogP contribution in [0.2, 0.25) is 0 Å². The lowest BCUT2D eigenvalue weighted by molar-refractivity contribution is 0.600. The van der Waals surface area contributed by atoms with E-state index in [1.54, 1.807) is 12.1 Å². The summed E-state index contributed by atoms with van der Waals surface area (Å²) in [5, 5.41) is 0.361. The van der Waals surface area contributed by atoms with E-state index in [1.165, 1.54) is 11.3 Å². The van der Waals surface area contributed by atoms with E-state index in [1.807, 2.05) is 13.8 Å². The number of nitrogens with zero attached hydrogens (tertiary/aromatic N) is 1. The molecule has 0 atom stereocenters. The van der Waals surface area contributed by atoms with Gasteiger partial charge >= 0.3 is 0 Å². The Morgan fingerprint density at radius 3 is 2.38 bits per heavy atom. The zero-order valence-electron chi connectivity index (χ0n) is 11.3. The van der Waals surface area contributed by atoms with Gasteiger partial charge in [-0.15, -0.1) is 11.3 Å². The van der Waals surface area contributed by atoms with E-state index in [4.69, 9.17) is 5.73 Å². The van der Waals surface area contributed by atoms with Crippen LogP contribution in [0.15, 0.2) is 26.0 Å². The summed E-state index contributed by atoms with van der Waals surface area (Å²) in [5.74, 6) is 0. The highest BCUT2D eigenvalue weighted by atomic mass is 79.9. The van der Waals surface area contributed by atoms with Crippen LogP contribution >= 0.6 is 43.2 Å². The zero-order valence-corrected chi connectivity index (χ0v) is 16.1. The number of benzene rings is 1. The Bertz CT molecular complexity index is 765. The zero-order chi connectivity index (χ0) is 15.8. The highest BCUT2D eigenvalue weighted by molar-refractivity contribution is 9.11. The number of anilines is 2. The molecule has 0 fully saturated rings. The lowest BCUT2D eigenvalue weighted by atomic mass is 10.3. The van der Waals surface area contributed by atoms with Crippen molar-refractivity contribution in [2.24, 2.45) is 0 Å². The highest BCUT2D eigenvalue weighted by Gasteiger charge is 2.23. The number of aryl methyl sites for hydroxylation is 2. The Morgan fingerprint density at radius 1 is 1.33 bits per heavy atom. The first kappa shape index (κ1) is 16.7. The van der Waals surface area contributed by atoms with Crippen molar-refractivity contribution in [1.29, 1.82) is 0 Å². The molecule has 0 saturated heterocycles. The van der Waals surface area contributed by atoms with Gasteiger partial charge in [-0.3, -0.25) is 4.72 Å². The van der Waals surface area contributed by atoms with Crippen LogP contribution in [0.25, 0.3) is 0 Å². The minimum absolute atomic E-state index is 0.0996. The molecule has 0 saturated carbocycles. The number of nitrogen functional groups attached to an aromatic ring is 1. The van der Waals surface area contributed by atoms with Gasteiger partial charge < -0.3 is 5.73 Å². The molecule has 3 N–H and O–H groups in total. The van der Waals surface area contributed by atoms with Crippen molar-refractivity contribution in [2.75, 3.05) is 10.5 Å². The molecule has 0 spiro atoms. The number of halogens is 2. The van der Waals surface area contributed by atoms with Crippen LogP contribution in [-0.2, 0) is 16.4 Å². The van der Waals surface area contributed by atoms with Crippen LogP contribution in [0.4, 0.5) is 10.8 Å². The summed E-state index contributed by atoms with van der Waals surface area (Å²) >= 11 is 7.79. The van der Waals surface area contributed by atoms with Crippen molar-refractivity contribution < 1.29 is 8.42 Å². The third-order valence-electron chi connectivity index (χ3n) is 2.74. The van der Waals surface area contributed by atoms with Gasteiger partial charge in [0.05, 0.1) is 5.69 Å². The van der Waals surface area contributed by atoms with E-state index in [-0.39, 0.29) is 4.90 Å². The van der Waals surface area contributed by atoms with Gasteiger partial charge in [0.25, 0.3) is 10.0 Å². The average Bonchev–Trinajstić information content (AvgIpc) is 2.66. The molecule has 0 aliphatic rings. The van der Waals surface area contributed by atoms with Gasteiger partial charge in [0, 0.05) is 19.5 Å². The number of nitrogens with one attached hydrogen (secondary N) is 1. The molecule has 21 heavy (non-hydrogen) atoms. The molecule has 114 valence electrons. The fourth-order valence-corrected chi connectivity index (χ4v) is 6.56. The lowest BCUT2D eigenvalue weighted by Gasteiger charge is -2.10. The van der Waals surface area contributed by atoms with E-state index >= 15 is 0 Å². The molecule has 1 aromatic heterocycles. The first-order valence-corrected chi connectivity index (χ1v) is 9.86. The molecule has 0 bridgehead atoms. The molecule has 0 aliphatic heterocycles. The van der Waals surface area contributed by atoms with Gasteiger partial charge in [0.15, 0.2) is 5.13 Å². The number of sulfonamides is 1. The topological polar surface area (TPSA) is 85.1 Å². The van der Waals surface area contributed by atoms with Crippen LogP contribution in [0, 0.1) is 6.92 Å². The average molecular weight is 455 g/mol. The van der Waals surface area contributed by atoms with Gasteiger partial charge in [-0.05, 0) is 57.3 Å². The van der Waals surface area contributed by atoms with Gasteiger partial charge in [0.2, 0.25) is 0 Å². The Balaban J connectivity index is 2.43. The van der Waals surface area contributed by atoms with Crippen LogP contribution in [0.3, 0.4) is 0 Å². The van der Waals surface area contributed by atoms with Gasteiger partial charge in [0.1, 0.15) is 4.90 Å². The Kier molecular flexibility index (Phi) is 4.96. The normalized spacial score (nSPS) is 11.6. The van der Waals surface area contributed by atoms with Gasteiger partial charge in [-0.2, -0.15) is 0 Å². The molecule has 2 rings (SSSR count). The number of aromatic nitrogens is 1. The number of hydrogen-bond acceptors (Lipinski definition) is 5. The van der Waals surface area contributed by atoms with Crippen molar-refractivity contribution in [3.05, 3.63) is 31.6 Å². The van der Waals surface area contributed by atoms with E-state index < -0.39 is 10.0 Å². The van der Waals surface area contributed by atoms with E-state index in [9.17, 15) is 8.42 Å². The first-order valence-electron chi connectivity index (χ1n) is 5.98. The van der Waals surface area contributed by atoms with Crippen LogP contribution in [0.1, 0.15) is 17.5 Å². The Labute approximate surface area is 144 Å². The fourth-order valence-electron chi connectivity index (χ4n) is 1.80. The van der Waals surface area contributed by atoms with Crippen LogP contribution < -0.4 is 10.5 Å². The smallest absolute Gasteiger partial charge is 0.265 e. The molecular weight excluding hydrogens is 442 g/mol. The van der Waals surface area contributed by atoms with E-state index in [0.29, 0.717) is 19.8 Å². The monoisotopic (exact) mass is 453 g/mol. The molecule has 0 amide bonds. The summed E-state index contributed by atoms with van der Waals surface area (Å²) in [6.45, 7) is 3.90. The summed E-state index contributed by atoms with van der Waals surface area (Å²) in [6, 6.07) is 3.09. The number of thiazole rings is 1. The van der Waals surface area contributed by atoms with Crippen molar-refractivity contribution in [2.45, 2.75) is 25.2 Å². The summed E-state index contributed by atoms with van der Waals surface area (Å²) in [5.41, 5.74) is 7.04. The highest BCUT2D eigenvalue weighted by Crippen LogP contribution is 2.34. The van der Waals surface area contributed by atoms with Crippen molar-refractivity contribution in [1.82, 2.24) is 4.98 Å². The van der Waals surface area contributed by atoms with Gasteiger partial charge in [-0.1, -0.05) is 6.92 Å². The van der Waals surface area contributed by atoms with Crippen LogP contribution in [0.5, 0.6) is 0 Å². The molecule has 5 nitrogen and oxygen atoms in total. The standard InChI is InChI=1S/C12H13Br2N3O2S2/c1-3-10-6(2)20-12(16-10)17-21(18,19)11-8(13)4-7(15)5-9(11)14/h4-5H,3,15H2,1-2H3,(H,16,17). The SMILES string of the molecule is CCc1nc(NS(=O)(=O)c2c(Br)cc(N)cc2Br)sc1C. The first-order chi connectivity index (χ1) is 9.74. The van der Waals surface area contributed by atoms with Crippen LogP contribution in [-0.4, -0.2) is 13.4 Å². The molecule has 0 aliphatic carbocycles. The molecule has 1 heterocycles. The molecule has 0 unspecified atom stereocenters. The summed E-state index contributed by atoms with van der Waals surface area (Å²) in [4.78, 5) is 5.39. The third kappa shape index (κ3) is 3.58. The second-order valence-corrected chi connectivity index (χ2v) is 8.83. The Hall–Kier alpha value is -0.640. The summed E-state index contributed by atoms with van der Waals surface area (Å²) < 4.78 is 28.3. The predicted octanol–water partition coefficient (Wildman–Crippen LogP) is 3.92. The molecule has 2 aromatic rings. The maximum atomic E-state index is 12.5. The molecule has 9 heteroatoms. The third-order valence-corrected chi connectivity index (χ3v) is 7.01. The van der Waals surface area contributed by atoms with Crippen molar-refractivity contribution in [3.8, 4) is 0 Å². The molecule has 0 radical (unpaired) electrons. The number of rotatable bonds is 4. The molecule has 1 aromatic carbocycles. The lowest BCUT2D eigenvalue weighted by Crippen LogP contribution is -2.14. The van der Waals surface area contributed by atoms with Crippen molar-refractivity contribution >= 4 is 64.0 Å². The number of nitrogens with two attached hydrogens (primary N) is 1. The maximum Gasteiger partial charge on any atom is 0.265 e. The fraction of sp³-hybridized carbons (Fsp3) is 0.250. The molecular formula is C12H13Br2N3O2S2. The van der Waals surface area contributed by atoms with Gasteiger partial charge in [-0.25, -0.2) is 13.4 Å². The second kappa shape index (κ2) is 6.23. The van der Waals surface area contributed by atoms with E-state index in [2.05, 4.69) is 41.6 Å². The Morgan fingerprint density at radius 2 is 1.90 bits per heavy atom. The maximum absolute atomic E-state index is 12.5. The summed E-state index contributed by atoms with van der Waals surface area (Å²) in [6.07, 6.45) is 0.763. The minimum atomic E-state index is -3.75. The number of hydrogen-bond donors (Lipinski definition) is 2.